The van der Waals surface area contributed by atoms with E-state index in [-0.39, 0.29) is 17.7 Å². The van der Waals surface area contributed by atoms with E-state index in [1.807, 2.05) is 0 Å². The zero-order chi connectivity index (χ0) is 14.9. The Balaban J connectivity index is 2.35. The molecule has 0 bridgehead atoms. The van der Waals surface area contributed by atoms with Crippen LogP contribution in [0.5, 0.6) is 0 Å². The number of rotatable bonds is 3. The lowest BCUT2D eigenvalue weighted by molar-refractivity contribution is -0.138. The van der Waals surface area contributed by atoms with Crippen molar-refractivity contribution in [3.63, 3.8) is 0 Å². The average molecular weight is 288 g/mol. The summed E-state index contributed by atoms with van der Waals surface area (Å²) in [5.74, 6) is -2.22. The van der Waals surface area contributed by atoms with E-state index in [0.717, 1.165) is 29.2 Å². The highest BCUT2D eigenvalue weighted by Gasteiger charge is 2.33. The number of carbonyl (C=O) groups is 1. The molecule has 0 aliphatic carbocycles. The molecule has 1 aromatic heterocycles. The van der Waals surface area contributed by atoms with Crippen molar-refractivity contribution in [2.24, 2.45) is 0 Å². The van der Waals surface area contributed by atoms with Crippen molar-refractivity contribution in [3.8, 4) is 0 Å². The molecule has 106 valence electrons. The third-order valence-corrected chi connectivity index (χ3v) is 2.59. The number of benzene rings is 1. The summed E-state index contributed by atoms with van der Waals surface area (Å²) in [5.41, 5.74) is -1.44. The van der Waals surface area contributed by atoms with Crippen LogP contribution >= 0.6 is 0 Å². The standard InChI is InChI=1S/C12H8F4N2O2/c13-9-2-1-7(10(3-9)12(14,15)16)5-18-6-8(4-17-18)11(19)20/h1-4,6H,5H2,(H,19,20). The SMILES string of the molecule is O=C(O)c1cnn(Cc2ccc(F)cc2C(F)(F)F)c1. The summed E-state index contributed by atoms with van der Waals surface area (Å²) in [6.07, 6.45) is -2.56. The number of nitrogens with zero attached hydrogens (tertiary/aromatic N) is 2. The van der Waals surface area contributed by atoms with Gasteiger partial charge in [0, 0.05) is 6.20 Å². The van der Waals surface area contributed by atoms with Crippen molar-refractivity contribution in [2.75, 3.05) is 0 Å². The molecule has 0 aliphatic rings. The summed E-state index contributed by atoms with van der Waals surface area (Å²) in [4.78, 5) is 10.7. The maximum absolute atomic E-state index is 12.9. The van der Waals surface area contributed by atoms with Crippen LogP contribution < -0.4 is 0 Å². The highest BCUT2D eigenvalue weighted by molar-refractivity contribution is 5.86. The summed E-state index contributed by atoms with van der Waals surface area (Å²) in [6, 6.07) is 2.31. The van der Waals surface area contributed by atoms with Crippen LogP contribution in [0.1, 0.15) is 21.5 Å². The van der Waals surface area contributed by atoms with Crippen LogP contribution in [0.4, 0.5) is 17.6 Å². The van der Waals surface area contributed by atoms with Gasteiger partial charge >= 0.3 is 12.1 Å². The second-order valence-corrected chi connectivity index (χ2v) is 4.03. The van der Waals surface area contributed by atoms with Crippen molar-refractivity contribution in [3.05, 3.63) is 53.1 Å². The van der Waals surface area contributed by atoms with Crippen LogP contribution in [0.15, 0.2) is 30.6 Å². The number of hydrogen-bond donors (Lipinski definition) is 1. The van der Waals surface area contributed by atoms with Gasteiger partial charge in [-0.3, -0.25) is 4.68 Å². The molecule has 0 unspecified atom stereocenters. The van der Waals surface area contributed by atoms with E-state index in [0.29, 0.717) is 6.07 Å². The average Bonchev–Trinajstić information content (AvgIpc) is 2.79. The minimum atomic E-state index is -4.69. The number of aromatic carboxylic acids is 1. The molecule has 1 N–H and O–H groups in total. The van der Waals surface area contributed by atoms with Gasteiger partial charge in [-0.1, -0.05) is 6.07 Å². The third-order valence-electron chi connectivity index (χ3n) is 2.59. The first-order chi connectivity index (χ1) is 9.27. The van der Waals surface area contributed by atoms with Gasteiger partial charge in [0.15, 0.2) is 0 Å². The van der Waals surface area contributed by atoms with Crippen molar-refractivity contribution in [1.29, 1.82) is 0 Å². The van der Waals surface area contributed by atoms with Crippen LogP contribution in [0, 0.1) is 5.82 Å². The lowest BCUT2D eigenvalue weighted by atomic mass is 10.1. The van der Waals surface area contributed by atoms with Gasteiger partial charge in [-0.25, -0.2) is 9.18 Å². The van der Waals surface area contributed by atoms with Crippen LogP contribution in [0.2, 0.25) is 0 Å². The molecule has 0 atom stereocenters. The molecule has 1 aromatic carbocycles. The lowest BCUT2D eigenvalue weighted by Gasteiger charge is -2.12. The maximum atomic E-state index is 12.9. The van der Waals surface area contributed by atoms with Gasteiger partial charge in [0.25, 0.3) is 0 Å². The van der Waals surface area contributed by atoms with Crippen molar-refractivity contribution in [1.82, 2.24) is 9.78 Å². The zero-order valence-corrected chi connectivity index (χ0v) is 9.86. The Kier molecular flexibility index (Phi) is 3.47. The van der Waals surface area contributed by atoms with Crippen molar-refractivity contribution in [2.45, 2.75) is 12.7 Å². The number of halogens is 4. The zero-order valence-electron chi connectivity index (χ0n) is 9.86. The Bertz CT molecular complexity index is 649. The highest BCUT2D eigenvalue weighted by Crippen LogP contribution is 2.32. The van der Waals surface area contributed by atoms with E-state index in [9.17, 15) is 22.4 Å². The smallest absolute Gasteiger partial charge is 0.416 e. The molecule has 0 aliphatic heterocycles. The fourth-order valence-electron chi connectivity index (χ4n) is 1.69. The minimum Gasteiger partial charge on any atom is -0.478 e. The quantitative estimate of drug-likeness (QED) is 0.884. The van der Waals surface area contributed by atoms with E-state index in [4.69, 9.17) is 5.11 Å². The van der Waals surface area contributed by atoms with Crippen LogP contribution in [0.3, 0.4) is 0 Å². The molecule has 2 rings (SSSR count). The molecule has 0 fully saturated rings. The molecule has 4 nitrogen and oxygen atoms in total. The molecular formula is C12H8F4N2O2. The number of alkyl halides is 3. The van der Waals surface area contributed by atoms with E-state index < -0.39 is 23.5 Å². The van der Waals surface area contributed by atoms with Crippen LogP contribution in [0.25, 0.3) is 0 Å². The Morgan fingerprint density at radius 1 is 1.35 bits per heavy atom. The molecule has 0 saturated heterocycles. The summed E-state index contributed by atoms with van der Waals surface area (Å²) >= 11 is 0. The van der Waals surface area contributed by atoms with E-state index in [2.05, 4.69) is 5.10 Å². The fraction of sp³-hybridized carbons (Fsp3) is 0.167. The van der Waals surface area contributed by atoms with E-state index in [1.54, 1.807) is 0 Å². The van der Waals surface area contributed by atoms with E-state index in [1.165, 1.54) is 0 Å². The molecule has 20 heavy (non-hydrogen) atoms. The van der Waals surface area contributed by atoms with Crippen LogP contribution in [-0.4, -0.2) is 20.9 Å². The Labute approximate surface area is 110 Å². The molecule has 0 saturated carbocycles. The number of carboxylic acid groups (broad SMARTS) is 1. The normalized spacial score (nSPS) is 11.6. The van der Waals surface area contributed by atoms with Gasteiger partial charge < -0.3 is 5.11 Å². The maximum Gasteiger partial charge on any atom is 0.416 e. The summed E-state index contributed by atoms with van der Waals surface area (Å²) < 4.78 is 52.3. The monoisotopic (exact) mass is 288 g/mol. The molecule has 1 heterocycles. The first kappa shape index (κ1) is 14.0. The van der Waals surface area contributed by atoms with E-state index >= 15 is 0 Å². The lowest BCUT2D eigenvalue weighted by Crippen LogP contribution is -2.12. The van der Waals surface area contributed by atoms with Gasteiger partial charge in [-0.2, -0.15) is 18.3 Å². The molecule has 8 heteroatoms. The number of aromatic nitrogens is 2. The first-order valence-corrected chi connectivity index (χ1v) is 5.39. The third kappa shape index (κ3) is 2.95. The summed E-state index contributed by atoms with van der Waals surface area (Å²) in [5, 5.41) is 12.4. The predicted molar refractivity (Wildman–Crippen MR) is 59.7 cm³/mol. The van der Waals surface area contributed by atoms with Gasteiger partial charge in [0.1, 0.15) is 5.82 Å². The minimum absolute atomic E-state index is 0.138. The summed E-state index contributed by atoms with van der Waals surface area (Å²) in [7, 11) is 0. The topological polar surface area (TPSA) is 55.1 Å². The molecule has 0 amide bonds. The molecule has 0 radical (unpaired) electrons. The molecule has 2 aromatic rings. The van der Waals surface area contributed by atoms with Gasteiger partial charge in [0.2, 0.25) is 0 Å². The Morgan fingerprint density at radius 3 is 2.60 bits per heavy atom. The molecular weight excluding hydrogens is 280 g/mol. The number of hydrogen-bond acceptors (Lipinski definition) is 2. The van der Waals surface area contributed by atoms with Crippen LogP contribution in [-0.2, 0) is 12.7 Å². The Morgan fingerprint density at radius 2 is 2.05 bits per heavy atom. The second kappa shape index (κ2) is 4.95. The summed E-state index contributed by atoms with van der Waals surface area (Å²) in [6.45, 7) is -0.303. The Hall–Kier alpha value is -2.38. The van der Waals surface area contributed by atoms with Crippen molar-refractivity contribution >= 4 is 5.97 Å². The largest absolute Gasteiger partial charge is 0.478 e. The highest BCUT2D eigenvalue weighted by atomic mass is 19.4. The van der Waals surface area contributed by atoms with Gasteiger partial charge in [-0.05, 0) is 17.7 Å². The second-order valence-electron chi connectivity index (χ2n) is 4.03. The number of carboxylic acids is 1. The van der Waals surface area contributed by atoms with Crippen molar-refractivity contribution < 1.29 is 27.5 Å². The predicted octanol–water partition coefficient (Wildman–Crippen LogP) is 2.79. The first-order valence-electron chi connectivity index (χ1n) is 5.39. The van der Waals surface area contributed by atoms with Gasteiger partial charge in [-0.15, -0.1) is 0 Å². The molecule has 0 spiro atoms. The van der Waals surface area contributed by atoms with Gasteiger partial charge in [0.05, 0.1) is 23.9 Å². The fourth-order valence-corrected chi connectivity index (χ4v) is 1.69.